The number of hydrogen-bond acceptors (Lipinski definition) is 1. The van der Waals surface area contributed by atoms with Crippen molar-refractivity contribution in [1.82, 2.24) is 5.32 Å². The zero-order chi connectivity index (χ0) is 13.9. The summed E-state index contributed by atoms with van der Waals surface area (Å²) in [5.41, 5.74) is 3.10. The molecule has 0 bridgehead atoms. The highest BCUT2D eigenvalue weighted by molar-refractivity contribution is 9.10. The molecule has 1 nitrogen and oxygen atoms in total. The van der Waals surface area contributed by atoms with Gasteiger partial charge in [-0.05, 0) is 73.7 Å². The van der Waals surface area contributed by atoms with Gasteiger partial charge in [-0.15, -0.1) is 0 Å². The summed E-state index contributed by atoms with van der Waals surface area (Å²) >= 11 is 3.58. The SMILES string of the molecule is CC1CCCC(CNC2CCc3cc(Br)ccc3C2)C1. The van der Waals surface area contributed by atoms with E-state index in [2.05, 4.69) is 46.4 Å². The first kappa shape index (κ1) is 14.6. The molecule has 2 aliphatic carbocycles. The number of halogens is 1. The topological polar surface area (TPSA) is 12.0 Å². The smallest absolute Gasteiger partial charge is 0.0178 e. The first-order valence-corrected chi connectivity index (χ1v) is 9.00. The lowest BCUT2D eigenvalue weighted by Gasteiger charge is -2.31. The summed E-state index contributed by atoms with van der Waals surface area (Å²) in [5, 5.41) is 3.86. The summed E-state index contributed by atoms with van der Waals surface area (Å²) in [6.45, 7) is 3.65. The highest BCUT2D eigenvalue weighted by Gasteiger charge is 2.22. The highest BCUT2D eigenvalue weighted by Crippen LogP contribution is 2.29. The van der Waals surface area contributed by atoms with Crippen molar-refractivity contribution in [1.29, 1.82) is 0 Å². The van der Waals surface area contributed by atoms with Gasteiger partial charge in [0.05, 0.1) is 0 Å². The third-order valence-corrected chi connectivity index (χ3v) is 5.63. The Kier molecular flexibility index (Phi) is 4.83. The molecule has 1 saturated carbocycles. The normalized spacial score (nSPS) is 30.0. The molecular formula is C18H26BrN. The van der Waals surface area contributed by atoms with Crippen LogP contribution in [-0.4, -0.2) is 12.6 Å². The van der Waals surface area contributed by atoms with Crippen molar-refractivity contribution in [2.24, 2.45) is 11.8 Å². The van der Waals surface area contributed by atoms with Gasteiger partial charge in [-0.3, -0.25) is 0 Å². The Labute approximate surface area is 131 Å². The van der Waals surface area contributed by atoms with Crippen molar-refractivity contribution in [3.8, 4) is 0 Å². The lowest BCUT2D eigenvalue weighted by molar-refractivity contribution is 0.263. The monoisotopic (exact) mass is 335 g/mol. The Morgan fingerprint density at radius 2 is 2.10 bits per heavy atom. The molecule has 110 valence electrons. The molecule has 0 radical (unpaired) electrons. The summed E-state index contributed by atoms with van der Waals surface area (Å²) < 4.78 is 1.22. The molecule has 1 N–H and O–H groups in total. The van der Waals surface area contributed by atoms with Crippen LogP contribution in [0, 0.1) is 11.8 Å². The van der Waals surface area contributed by atoms with Gasteiger partial charge in [-0.2, -0.15) is 0 Å². The quantitative estimate of drug-likeness (QED) is 0.842. The Morgan fingerprint density at radius 3 is 2.95 bits per heavy atom. The molecule has 3 unspecified atom stereocenters. The Hall–Kier alpha value is -0.340. The lowest BCUT2D eigenvalue weighted by atomic mass is 9.82. The standard InChI is InChI=1S/C18H26BrN/c1-13-3-2-4-14(9-13)12-20-18-8-6-15-10-17(19)7-5-16(15)11-18/h5,7,10,13-14,18,20H,2-4,6,8-9,11-12H2,1H3. The van der Waals surface area contributed by atoms with Crippen LogP contribution in [0.5, 0.6) is 0 Å². The maximum Gasteiger partial charge on any atom is 0.0178 e. The highest BCUT2D eigenvalue weighted by atomic mass is 79.9. The molecule has 1 fully saturated rings. The van der Waals surface area contributed by atoms with Gasteiger partial charge in [-0.25, -0.2) is 0 Å². The first-order chi connectivity index (χ1) is 9.70. The summed E-state index contributed by atoms with van der Waals surface area (Å²) in [4.78, 5) is 0. The number of rotatable bonds is 3. The van der Waals surface area contributed by atoms with E-state index in [1.54, 1.807) is 11.1 Å². The van der Waals surface area contributed by atoms with E-state index in [9.17, 15) is 0 Å². The Bertz CT molecular complexity index is 457. The number of nitrogens with one attached hydrogen (secondary N) is 1. The summed E-state index contributed by atoms with van der Waals surface area (Å²) in [6, 6.07) is 7.48. The third kappa shape index (κ3) is 3.65. The lowest BCUT2D eigenvalue weighted by Crippen LogP contribution is -2.38. The summed E-state index contributed by atoms with van der Waals surface area (Å²) in [7, 11) is 0. The summed E-state index contributed by atoms with van der Waals surface area (Å²) in [6.07, 6.45) is 9.50. The molecule has 2 heteroatoms. The van der Waals surface area contributed by atoms with E-state index in [4.69, 9.17) is 0 Å². The van der Waals surface area contributed by atoms with Crippen LogP contribution < -0.4 is 5.32 Å². The minimum absolute atomic E-state index is 0.695. The van der Waals surface area contributed by atoms with E-state index in [1.807, 2.05) is 0 Å². The van der Waals surface area contributed by atoms with Crippen molar-refractivity contribution in [3.63, 3.8) is 0 Å². The molecule has 1 aromatic carbocycles. The van der Waals surface area contributed by atoms with Crippen LogP contribution >= 0.6 is 15.9 Å². The van der Waals surface area contributed by atoms with Crippen molar-refractivity contribution in [2.45, 2.75) is 57.9 Å². The minimum atomic E-state index is 0.695. The van der Waals surface area contributed by atoms with E-state index in [0.29, 0.717) is 6.04 Å². The molecule has 20 heavy (non-hydrogen) atoms. The number of hydrogen-bond donors (Lipinski definition) is 1. The van der Waals surface area contributed by atoms with Gasteiger partial charge < -0.3 is 5.32 Å². The van der Waals surface area contributed by atoms with Crippen LogP contribution in [0.1, 0.15) is 50.2 Å². The van der Waals surface area contributed by atoms with Crippen LogP contribution in [0.3, 0.4) is 0 Å². The first-order valence-electron chi connectivity index (χ1n) is 8.21. The second kappa shape index (κ2) is 6.62. The van der Waals surface area contributed by atoms with Gasteiger partial charge in [0, 0.05) is 10.5 Å². The Balaban J connectivity index is 1.51. The van der Waals surface area contributed by atoms with Crippen molar-refractivity contribution in [3.05, 3.63) is 33.8 Å². The number of aryl methyl sites for hydroxylation is 1. The summed E-state index contributed by atoms with van der Waals surface area (Å²) in [5.74, 6) is 1.87. The second-order valence-electron chi connectivity index (χ2n) is 6.90. The fraction of sp³-hybridized carbons (Fsp3) is 0.667. The second-order valence-corrected chi connectivity index (χ2v) is 7.81. The van der Waals surface area contributed by atoms with Gasteiger partial charge >= 0.3 is 0 Å². The zero-order valence-corrected chi connectivity index (χ0v) is 14.1. The van der Waals surface area contributed by atoms with Gasteiger partial charge in [0.15, 0.2) is 0 Å². The van der Waals surface area contributed by atoms with E-state index < -0.39 is 0 Å². The molecule has 0 amide bonds. The maximum atomic E-state index is 3.86. The molecule has 3 rings (SSSR count). The van der Waals surface area contributed by atoms with Gasteiger partial charge in [0.2, 0.25) is 0 Å². The zero-order valence-electron chi connectivity index (χ0n) is 12.5. The number of fused-ring (bicyclic) bond motifs is 1. The molecule has 0 aliphatic heterocycles. The van der Waals surface area contributed by atoms with E-state index >= 15 is 0 Å². The van der Waals surface area contributed by atoms with Crippen LogP contribution in [0.2, 0.25) is 0 Å². The minimum Gasteiger partial charge on any atom is -0.313 e. The van der Waals surface area contributed by atoms with Gasteiger partial charge in [-0.1, -0.05) is 41.8 Å². The molecule has 3 atom stereocenters. The van der Waals surface area contributed by atoms with Crippen molar-refractivity contribution in [2.75, 3.05) is 6.54 Å². The van der Waals surface area contributed by atoms with Crippen LogP contribution in [0.15, 0.2) is 22.7 Å². The van der Waals surface area contributed by atoms with E-state index in [0.717, 1.165) is 11.8 Å². The predicted octanol–water partition coefficient (Wildman–Crippen LogP) is 4.72. The molecular weight excluding hydrogens is 310 g/mol. The molecule has 0 spiro atoms. The number of benzene rings is 1. The van der Waals surface area contributed by atoms with Gasteiger partial charge in [0.25, 0.3) is 0 Å². The maximum absolute atomic E-state index is 3.86. The van der Waals surface area contributed by atoms with Crippen LogP contribution in [0.4, 0.5) is 0 Å². The largest absolute Gasteiger partial charge is 0.313 e. The molecule has 1 aromatic rings. The van der Waals surface area contributed by atoms with E-state index in [-0.39, 0.29) is 0 Å². The van der Waals surface area contributed by atoms with Crippen molar-refractivity contribution < 1.29 is 0 Å². The van der Waals surface area contributed by atoms with Crippen LogP contribution in [0.25, 0.3) is 0 Å². The van der Waals surface area contributed by atoms with Gasteiger partial charge in [0.1, 0.15) is 0 Å². The molecule has 2 aliphatic rings. The average Bonchev–Trinajstić information content (AvgIpc) is 2.45. The molecule has 0 heterocycles. The average molecular weight is 336 g/mol. The molecule has 0 aromatic heterocycles. The molecule has 0 saturated heterocycles. The Morgan fingerprint density at radius 1 is 1.20 bits per heavy atom. The van der Waals surface area contributed by atoms with Crippen molar-refractivity contribution >= 4 is 15.9 Å². The fourth-order valence-corrected chi connectivity index (χ4v) is 4.38. The fourth-order valence-electron chi connectivity index (χ4n) is 3.98. The van der Waals surface area contributed by atoms with E-state index in [1.165, 1.54) is 56.0 Å². The van der Waals surface area contributed by atoms with Crippen LogP contribution in [-0.2, 0) is 12.8 Å². The third-order valence-electron chi connectivity index (χ3n) is 5.14. The predicted molar refractivity (Wildman–Crippen MR) is 89.1 cm³/mol.